The van der Waals surface area contributed by atoms with Crippen molar-refractivity contribution in [2.45, 2.75) is 32.1 Å². The number of unbranched alkanes of at least 4 members (excludes halogenated alkanes) is 2. The molecule has 0 heterocycles. The monoisotopic (exact) mass is 335 g/mol. The molecule has 0 aliphatic carbocycles. The molecule has 0 aromatic heterocycles. The third-order valence-electron chi connectivity index (χ3n) is 3.69. The van der Waals surface area contributed by atoms with Crippen molar-refractivity contribution in [3.63, 3.8) is 0 Å². The second-order valence-electron chi connectivity index (χ2n) is 5.68. The maximum atomic E-state index is 5.43. The molecule has 1 aromatic carbocycles. The van der Waals surface area contributed by atoms with Gasteiger partial charge in [0.2, 0.25) is 0 Å². The predicted octanol–water partition coefficient (Wildman–Crippen LogP) is 2.62. The predicted molar refractivity (Wildman–Crippen MR) is 101 cm³/mol. The molecule has 5 nitrogen and oxygen atoms in total. The normalized spacial score (nSPS) is 11.5. The Morgan fingerprint density at radius 1 is 0.917 bits per heavy atom. The number of guanidine groups is 1. The summed E-state index contributed by atoms with van der Waals surface area (Å²) in [4.78, 5) is 4.23. The average molecular weight is 335 g/mol. The first kappa shape index (κ1) is 20.5. The van der Waals surface area contributed by atoms with Crippen LogP contribution in [-0.2, 0) is 15.9 Å². The van der Waals surface area contributed by atoms with E-state index in [0.717, 1.165) is 44.9 Å². The average Bonchev–Trinajstić information content (AvgIpc) is 2.63. The Balaban J connectivity index is 1.94. The molecule has 2 N–H and O–H groups in total. The van der Waals surface area contributed by atoms with E-state index in [4.69, 9.17) is 9.47 Å². The topological polar surface area (TPSA) is 54.9 Å². The number of nitrogens with one attached hydrogen (secondary N) is 2. The van der Waals surface area contributed by atoms with E-state index in [-0.39, 0.29) is 0 Å². The van der Waals surface area contributed by atoms with Crippen LogP contribution in [0.15, 0.2) is 35.3 Å². The van der Waals surface area contributed by atoms with Crippen molar-refractivity contribution in [3.8, 4) is 0 Å². The van der Waals surface area contributed by atoms with Gasteiger partial charge in [-0.25, -0.2) is 0 Å². The first-order valence-electron chi connectivity index (χ1n) is 8.92. The summed E-state index contributed by atoms with van der Waals surface area (Å²) in [6, 6.07) is 10.7. The second-order valence-corrected chi connectivity index (χ2v) is 5.68. The van der Waals surface area contributed by atoms with Gasteiger partial charge < -0.3 is 20.1 Å². The highest BCUT2D eigenvalue weighted by Crippen LogP contribution is 2.05. The largest absolute Gasteiger partial charge is 0.382 e. The maximum absolute atomic E-state index is 5.43. The van der Waals surface area contributed by atoms with Gasteiger partial charge in [-0.15, -0.1) is 0 Å². The van der Waals surface area contributed by atoms with Crippen LogP contribution < -0.4 is 10.6 Å². The Morgan fingerprint density at radius 3 is 2.38 bits per heavy atom. The van der Waals surface area contributed by atoms with Crippen LogP contribution in [0.3, 0.4) is 0 Å². The SMILES string of the molecule is CN=C(NCCCCCc1ccccc1)NCCCOCCOC. The van der Waals surface area contributed by atoms with Gasteiger partial charge >= 0.3 is 0 Å². The van der Waals surface area contributed by atoms with Gasteiger partial charge in [0.1, 0.15) is 0 Å². The van der Waals surface area contributed by atoms with Crippen LogP contribution in [0.4, 0.5) is 0 Å². The number of ether oxygens (including phenoxy) is 2. The first-order valence-corrected chi connectivity index (χ1v) is 8.92. The Morgan fingerprint density at radius 2 is 1.67 bits per heavy atom. The van der Waals surface area contributed by atoms with Crippen LogP contribution in [0.25, 0.3) is 0 Å². The van der Waals surface area contributed by atoms with Crippen LogP contribution in [-0.4, -0.2) is 53.0 Å². The highest BCUT2D eigenvalue weighted by atomic mass is 16.5. The smallest absolute Gasteiger partial charge is 0.190 e. The standard InChI is InChI=1S/C19H33N3O2/c1-20-19(22-14-9-15-24-17-16-23-2)21-13-8-4-7-12-18-10-5-3-6-11-18/h3,5-6,10-11H,4,7-9,12-17H2,1-2H3,(H2,20,21,22). The van der Waals surface area contributed by atoms with Crippen molar-refractivity contribution in [2.75, 3.05) is 47.1 Å². The third-order valence-corrected chi connectivity index (χ3v) is 3.69. The summed E-state index contributed by atoms with van der Waals surface area (Å²) in [5.74, 6) is 0.870. The Labute approximate surface area is 146 Å². The number of rotatable bonds is 13. The molecule has 0 unspecified atom stereocenters. The molecule has 0 bridgehead atoms. The second kappa shape index (κ2) is 15.0. The summed E-state index contributed by atoms with van der Waals surface area (Å²) in [5, 5.41) is 6.66. The third kappa shape index (κ3) is 11.0. The fourth-order valence-electron chi connectivity index (χ4n) is 2.33. The van der Waals surface area contributed by atoms with E-state index in [0.29, 0.717) is 13.2 Å². The fourth-order valence-corrected chi connectivity index (χ4v) is 2.33. The molecule has 0 aliphatic heterocycles. The minimum atomic E-state index is 0.654. The molecule has 5 heteroatoms. The summed E-state index contributed by atoms with van der Waals surface area (Å²) < 4.78 is 10.4. The Hall–Kier alpha value is -1.59. The van der Waals surface area contributed by atoms with Gasteiger partial charge in [-0.3, -0.25) is 4.99 Å². The molecule has 136 valence electrons. The summed E-state index contributed by atoms with van der Waals surface area (Å²) in [6.45, 7) is 3.87. The van der Waals surface area contributed by atoms with Gasteiger partial charge in [-0.2, -0.15) is 0 Å². The molecule has 1 rings (SSSR count). The lowest BCUT2D eigenvalue weighted by molar-refractivity contribution is 0.0698. The highest BCUT2D eigenvalue weighted by Gasteiger charge is 1.97. The van der Waals surface area contributed by atoms with E-state index in [9.17, 15) is 0 Å². The van der Waals surface area contributed by atoms with Crippen LogP contribution in [0.5, 0.6) is 0 Å². The molecule has 0 saturated carbocycles. The lowest BCUT2D eigenvalue weighted by atomic mass is 10.1. The number of hydrogen-bond acceptors (Lipinski definition) is 3. The van der Waals surface area contributed by atoms with Gasteiger partial charge in [0.25, 0.3) is 0 Å². The number of aryl methyl sites for hydroxylation is 1. The first-order chi connectivity index (χ1) is 11.9. The summed E-state index contributed by atoms with van der Waals surface area (Å²) in [7, 11) is 3.49. The molecule has 0 radical (unpaired) electrons. The number of aliphatic imine (C=N–C) groups is 1. The van der Waals surface area contributed by atoms with E-state index in [1.165, 1.54) is 18.4 Å². The summed E-state index contributed by atoms with van der Waals surface area (Å²) in [5.41, 5.74) is 1.43. The van der Waals surface area contributed by atoms with Gasteiger partial charge in [0.05, 0.1) is 13.2 Å². The van der Waals surface area contributed by atoms with Crippen LogP contribution in [0.2, 0.25) is 0 Å². The Bertz CT molecular complexity index is 424. The van der Waals surface area contributed by atoms with E-state index < -0.39 is 0 Å². The number of methoxy groups -OCH3 is 1. The van der Waals surface area contributed by atoms with Crippen molar-refractivity contribution in [1.29, 1.82) is 0 Å². The summed E-state index contributed by atoms with van der Waals surface area (Å²) >= 11 is 0. The van der Waals surface area contributed by atoms with E-state index in [2.05, 4.69) is 46.0 Å². The number of benzene rings is 1. The van der Waals surface area contributed by atoms with E-state index in [1.807, 2.05) is 0 Å². The number of hydrogen-bond donors (Lipinski definition) is 2. The zero-order valence-electron chi connectivity index (χ0n) is 15.2. The molecule has 0 aliphatic rings. The van der Waals surface area contributed by atoms with Gasteiger partial charge in [0, 0.05) is 33.9 Å². The van der Waals surface area contributed by atoms with Crippen LogP contribution >= 0.6 is 0 Å². The lowest BCUT2D eigenvalue weighted by Gasteiger charge is -2.12. The molecule has 1 aromatic rings. The highest BCUT2D eigenvalue weighted by molar-refractivity contribution is 5.79. The van der Waals surface area contributed by atoms with E-state index >= 15 is 0 Å². The zero-order valence-corrected chi connectivity index (χ0v) is 15.2. The summed E-state index contributed by atoms with van der Waals surface area (Å²) in [6.07, 6.45) is 5.74. The minimum Gasteiger partial charge on any atom is -0.382 e. The molecule has 0 amide bonds. The van der Waals surface area contributed by atoms with Crippen molar-refractivity contribution >= 4 is 5.96 Å². The number of nitrogens with zero attached hydrogens (tertiary/aromatic N) is 1. The molecular weight excluding hydrogens is 302 g/mol. The Kier molecular flexibility index (Phi) is 12.8. The van der Waals surface area contributed by atoms with Crippen molar-refractivity contribution < 1.29 is 9.47 Å². The van der Waals surface area contributed by atoms with Gasteiger partial charge in [-0.05, 0) is 31.2 Å². The molecule has 0 spiro atoms. The molecule has 0 atom stereocenters. The van der Waals surface area contributed by atoms with Gasteiger partial charge in [0.15, 0.2) is 5.96 Å². The van der Waals surface area contributed by atoms with Crippen molar-refractivity contribution in [1.82, 2.24) is 10.6 Å². The van der Waals surface area contributed by atoms with Crippen LogP contribution in [0, 0.1) is 0 Å². The van der Waals surface area contributed by atoms with E-state index in [1.54, 1.807) is 14.2 Å². The van der Waals surface area contributed by atoms with Crippen LogP contribution in [0.1, 0.15) is 31.2 Å². The molecular formula is C19H33N3O2. The molecule has 24 heavy (non-hydrogen) atoms. The van der Waals surface area contributed by atoms with Gasteiger partial charge in [-0.1, -0.05) is 36.8 Å². The van der Waals surface area contributed by atoms with Crippen molar-refractivity contribution in [3.05, 3.63) is 35.9 Å². The molecule has 0 fully saturated rings. The van der Waals surface area contributed by atoms with Crippen molar-refractivity contribution in [2.24, 2.45) is 4.99 Å². The minimum absolute atomic E-state index is 0.654. The molecule has 0 saturated heterocycles. The lowest BCUT2D eigenvalue weighted by Crippen LogP contribution is -2.38. The zero-order chi connectivity index (χ0) is 17.3. The fraction of sp³-hybridized carbons (Fsp3) is 0.632. The maximum Gasteiger partial charge on any atom is 0.190 e. The quantitative estimate of drug-likeness (QED) is 0.330.